The molecule has 0 N–H and O–H groups in total. The van der Waals surface area contributed by atoms with Gasteiger partial charge < -0.3 is 4.57 Å². The summed E-state index contributed by atoms with van der Waals surface area (Å²) in [6, 6.07) is 0. The average molecular weight is 278 g/mol. The van der Waals surface area contributed by atoms with Crippen LogP contribution in [0.1, 0.15) is 0 Å². The van der Waals surface area contributed by atoms with Crippen LogP contribution in [0.25, 0.3) is 0 Å². The van der Waals surface area contributed by atoms with Crippen molar-refractivity contribution in [2.24, 2.45) is 0 Å². The van der Waals surface area contributed by atoms with E-state index in [1.165, 1.54) is 0 Å². The van der Waals surface area contributed by atoms with Crippen molar-refractivity contribution in [3.8, 4) is 0 Å². The second-order valence-corrected chi connectivity index (χ2v) is 7.20. The van der Waals surface area contributed by atoms with E-state index in [1.807, 2.05) is 6.66 Å². The molecule has 0 rings (SSSR count). The number of hydrogen-bond donors (Lipinski definition) is 0. The summed E-state index contributed by atoms with van der Waals surface area (Å²) in [4.78, 5) is 0. The largest absolute Gasteiger partial charge is 0.324 e. The number of halogens is 2. The molecular formula is C5H11Br2OP. The van der Waals surface area contributed by atoms with E-state index in [-0.39, 0.29) is 0 Å². The van der Waals surface area contributed by atoms with Crippen LogP contribution >= 0.6 is 39.0 Å². The van der Waals surface area contributed by atoms with Crippen LogP contribution in [0.15, 0.2) is 0 Å². The smallest absolute Gasteiger partial charge is 0.0864 e. The van der Waals surface area contributed by atoms with Crippen molar-refractivity contribution in [3.63, 3.8) is 0 Å². The molecule has 0 bridgehead atoms. The SMILES string of the molecule is CP(=O)(CCBr)CCBr. The number of rotatable bonds is 4. The van der Waals surface area contributed by atoms with Crippen LogP contribution in [-0.2, 0) is 4.57 Å². The Morgan fingerprint density at radius 3 is 1.78 bits per heavy atom. The Morgan fingerprint density at radius 2 is 1.56 bits per heavy atom. The fourth-order valence-electron chi connectivity index (χ4n) is 0.469. The maximum atomic E-state index is 11.4. The lowest BCUT2D eigenvalue weighted by Crippen LogP contribution is -1.94. The summed E-state index contributed by atoms with van der Waals surface area (Å²) in [6.45, 7) is 1.86. The second kappa shape index (κ2) is 4.92. The lowest BCUT2D eigenvalue weighted by Gasteiger charge is -2.07. The van der Waals surface area contributed by atoms with Gasteiger partial charge in [0.25, 0.3) is 0 Å². The highest BCUT2D eigenvalue weighted by atomic mass is 79.9. The van der Waals surface area contributed by atoms with Crippen molar-refractivity contribution in [3.05, 3.63) is 0 Å². The van der Waals surface area contributed by atoms with Gasteiger partial charge in [0.05, 0.1) is 7.14 Å². The maximum absolute atomic E-state index is 11.4. The third-order valence-electron chi connectivity index (χ3n) is 1.12. The van der Waals surface area contributed by atoms with Crippen molar-refractivity contribution in [2.75, 3.05) is 29.6 Å². The molecule has 0 heterocycles. The molecule has 0 saturated carbocycles. The molecule has 0 saturated heterocycles. The molecule has 0 aromatic carbocycles. The molecule has 0 spiro atoms. The first-order chi connectivity index (χ1) is 4.12. The molecule has 0 aromatic rings. The Bertz CT molecular complexity index is 106. The standard InChI is InChI=1S/C5H11Br2OP/c1-9(8,4-2-6)5-3-7/h2-5H2,1H3. The van der Waals surface area contributed by atoms with Crippen LogP contribution in [0.5, 0.6) is 0 Å². The monoisotopic (exact) mass is 276 g/mol. The van der Waals surface area contributed by atoms with Gasteiger partial charge in [0.1, 0.15) is 0 Å². The van der Waals surface area contributed by atoms with Gasteiger partial charge in [0.15, 0.2) is 0 Å². The molecule has 4 heteroatoms. The highest BCUT2D eigenvalue weighted by Gasteiger charge is 2.11. The zero-order chi connectivity index (χ0) is 7.33. The van der Waals surface area contributed by atoms with Crippen LogP contribution in [0.4, 0.5) is 0 Å². The fourth-order valence-corrected chi connectivity index (χ4v) is 5.91. The minimum absolute atomic E-state index is 0.818. The Morgan fingerprint density at radius 1 is 1.22 bits per heavy atom. The van der Waals surface area contributed by atoms with E-state index in [0.717, 1.165) is 23.0 Å². The molecule has 0 radical (unpaired) electrons. The first-order valence-electron chi connectivity index (χ1n) is 2.80. The molecule has 0 atom stereocenters. The summed E-state index contributed by atoms with van der Waals surface area (Å²) >= 11 is 6.54. The van der Waals surface area contributed by atoms with Gasteiger partial charge in [-0.2, -0.15) is 0 Å². The van der Waals surface area contributed by atoms with E-state index in [4.69, 9.17) is 0 Å². The van der Waals surface area contributed by atoms with Gasteiger partial charge in [0, 0.05) is 23.0 Å². The van der Waals surface area contributed by atoms with E-state index in [2.05, 4.69) is 31.9 Å². The topological polar surface area (TPSA) is 17.1 Å². The van der Waals surface area contributed by atoms with Crippen LogP contribution in [0, 0.1) is 0 Å². The Kier molecular flexibility index (Phi) is 5.57. The molecule has 9 heavy (non-hydrogen) atoms. The Hall–Kier alpha value is 1.19. The zero-order valence-corrected chi connectivity index (χ0v) is 9.51. The average Bonchev–Trinajstić information content (AvgIpc) is 1.64. The van der Waals surface area contributed by atoms with Gasteiger partial charge >= 0.3 is 0 Å². The highest BCUT2D eigenvalue weighted by Crippen LogP contribution is 2.40. The number of alkyl halides is 2. The molecule has 0 aliphatic heterocycles. The summed E-state index contributed by atoms with van der Waals surface area (Å²) in [7, 11) is -1.79. The summed E-state index contributed by atoms with van der Waals surface area (Å²) in [6.07, 6.45) is 1.64. The van der Waals surface area contributed by atoms with Gasteiger partial charge in [0.2, 0.25) is 0 Å². The second-order valence-electron chi connectivity index (χ2n) is 2.12. The van der Waals surface area contributed by atoms with Crippen molar-refractivity contribution in [1.82, 2.24) is 0 Å². The van der Waals surface area contributed by atoms with Gasteiger partial charge in [-0.05, 0) is 6.66 Å². The summed E-state index contributed by atoms with van der Waals surface area (Å²) in [5.74, 6) is 0. The first-order valence-corrected chi connectivity index (χ1v) is 7.56. The molecule has 0 aromatic heterocycles. The van der Waals surface area contributed by atoms with E-state index < -0.39 is 7.14 Å². The molecule has 0 aliphatic rings. The highest BCUT2D eigenvalue weighted by molar-refractivity contribution is 9.09. The molecule has 0 fully saturated rings. The summed E-state index contributed by atoms with van der Waals surface area (Å²) in [5, 5.41) is 1.71. The summed E-state index contributed by atoms with van der Waals surface area (Å²) in [5.41, 5.74) is 0. The van der Waals surface area contributed by atoms with E-state index in [1.54, 1.807) is 0 Å². The summed E-state index contributed by atoms with van der Waals surface area (Å²) < 4.78 is 11.4. The minimum atomic E-state index is -1.79. The van der Waals surface area contributed by atoms with Gasteiger partial charge in [-0.3, -0.25) is 0 Å². The lowest BCUT2D eigenvalue weighted by atomic mass is 11.0. The molecule has 1 nitrogen and oxygen atoms in total. The normalized spacial score (nSPS) is 11.9. The van der Waals surface area contributed by atoms with Gasteiger partial charge in [-0.25, -0.2) is 0 Å². The predicted molar refractivity (Wildman–Crippen MR) is 50.9 cm³/mol. The third kappa shape index (κ3) is 5.63. The van der Waals surface area contributed by atoms with Crippen molar-refractivity contribution in [2.45, 2.75) is 0 Å². The van der Waals surface area contributed by atoms with Crippen LogP contribution in [0.2, 0.25) is 0 Å². The third-order valence-corrected chi connectivity index (χ3v) is 5.47. The Balaban J connectivity index is 3.58. The first kappa shape index (κ1) is 10.2. The number of hydrogen-bond acceptors (Lipinski definition) is 1. The van der Waals surface area contributed by atoms with Crippen LogP contribution in [-0.4, -0.2) is 29.6 Å². The van der Waals surface area contributed by atoms with Crippen LogP contribution < -0.4 is 0 Å². The minimum Gasteiger partial charge on any atom is -0.324 e. The van der Waals surface area contributed by atoms with Crippen molar-refractivity contribution >= 4 is 39.0 Å². The van der Waals surface area contributed by atoms with Crippen molar-refractivity contribution < 1.29 is 4.57 Å². The Labute approximate surface area is 73.2 Å². The predicted octanol–water partition coefficient (Wildman–Crippen LogP) is 2.77. The maximum Gasteiger partial charge on any atom is 0.0864 e. The fraction of sp³-hybridized carbons (Fsp3) is 1.00. The van der Waals surface area contributed by atoms with E-state index in [0.29, 0.717) is 0 Å². The van der Waals surface area contributed by atoms with E-state index in [9.17, 15) is 4.57 Å². The molecule has 0 amide bonds. The molecular weight excluding hydrogens is 267 g/mol. The molecule has 0 aliphatic carbocycles. The van der Waals surface area contributed by atoms with Gasteiger partial charge in [-0.15, -0.1) is 0 Å². The molecule has 56 valence electrons. The van der Waals surface area contributed by atoms with E-state index >= 15 is 0 Å². The lowest BCUT2D eigenvalue weighted by molar-refractivity contribution is 0.580. The zero-order valence-electron chi connectivity index (χ0n) is 5.44. The molecule has 0 unspecified atom stereocenters. The van der Waals surface area contributed by atoms with Crippen molar-refractivity contribution in [1.29, 1.82) is 0 Å². The quantitative estimate of drug-likeness (QED) is 0.571. The van der Waals surface area contributed by atoms with Gasteiger partial charge in [-0.1, -0.05) is 31.9 Å². The van der Waals surface area contributed by atoms with Crippen LogP contribution in [0.3, 0.4) is 0 Å².